The van der Waals surface area contributed by atoms with E-state index in [1.54, 1.807) is 18.0 Å². The number of piperidine rings is 1. The Balaban J connectivity index is 1.26. The van der Waals surface area contributed by atoms with Crippen molar-refractivity contribution in [2.45, 2.75) is 37.3 Å². The van der Waals surface area contributed by atoms with E-state index in [2.05, 4.69) is 27.3 Å². The molecule has 152 valence electrons. The lowest BCUT2D eigenvalue weighted by Gasteiger charge is -2.26. The molecule has 0 aliphatic carbocycles. The van der Waals surface area contributed by atoms with Crippen LogP contribution in [0.3, 0.4) is 0 Å². The van der Waals surface area contributed by atoms with Crippen molar-refractivity contribution >= 4 is 29.4 Å². The molecule has 1 fully saturated rings. The lowest BCUT2D eigenvalue weighted by atomic mass is 10.1. The minimum atomic E-state index is 0.0822. The molecule has 2 aromatic rings. The van der Waals surface area contributed by atoms with Gasteiger partial charge in [-0.3, -0.25) is 14.7 Å². The summed E-state index contributed by atoms with van der Waals surface area (Å²) < 4.78 is 5.26. The summed E-state index contributed by atoms with van der Waals surface area (Å²) in [4.78, 5) is 18.9. The Hall–Kier alpha value is -1.44. The van der Waals surface area contributed by atoms with Crippen LogP contribution in [0.25, 0.3) is 0 Å². The third kappa shape index (κ3) is 7.89. The van der Waals surface area contributed by atoms with E-state index in [1.807, 2.05) is 30.1 Å². The monoisotopic (exact) mass is 419 g/mol. The Labute approximate surface area is 176 Å². The molecule has 0 radical (unpaired) electrons. The van der Waals surface area contributed by atoms with Crippen LogP contribution in [0.2, 0.25) is 0 Å². The molecule has 3 rings (SSSR count). The average Bonchev–Trinajstić information content (AvgIpc) is 3.22. The Kier molecular flexibility index (Phi) is 9.26. The number of nitrogens with one attached hydrogen (secondary N) is 1. The van der Waals surface area contributed by atoms with E-state index in [1.165, 1.54) is 37.9 Å². The normalized spacial score (nSPS) is 14.9. The lowest BCUT2D eigenvalue weighted by molar-refractivity contribution is -0.118. The summed E-state index contributed by atoms with van der Waals surface area (Å²) in [5.41, 5.74) is 2.48. The number of rotatable bonds is 11. The highest BCUT2D eigenvalue weighted by molar-refractivity contribution is 7.99. The molecule has 1 aliphatic rings. The Morgan fingerprint density at radius 2 is 2.07 bits per heavy atom. The molecule has 0 unspecified atom stereocenters. The highest BCUT2D eigenvalue weighted by Gasteiger charge is 2.10. The van der Waals surface area contributed by atoms with Crippen molar-refractivity contribution in [1.82, 2.24) is 15.2 Å². The van der Waals surface area contributed by atoms with E-state index in [4.69, 9.17) is 4.42 Å². The predicted molar refractivity (Wildman–Crippen MR) is 117 cm³/mol. The second-order valence-electron chi connectivity index (χ2n) is 6.97. The van der Waals surface area contributed by atoms with Crippen molar-refractivity contribution in [3.63, 3.8) is 0 Å². The third-order valence-electron chi connectivity index (χ3n) is 4.61. The molecule has 1 N–H and O–H groups in total. The van der Waals surface area contributed by atoms with Crippen LogP contribution in [-0.2, 0) is 22.8 Å². The first kappa shape index (κ1) is 21.3. The van der Waals surface area contributed by atoms with E-state index >= 15 is 0 Å². The number of furan rings is 1. The highest BCUT2D eigenvalue weighted by atomic mass is 32.2. The van der Waals surface area contributed by atoms with Gasteiger partial charge in [-0.25, -0.2) is 0 Å². The number of carbonyl (C=O) groups excluding carboxylic acids is 1. The number of aromatic nitrogens is 1. The standard InChI is InChI=1S/C21H29N3O2S2/c25-21(17-28-16-20-5-4-11-26-20)23-8-12-27-15-19-13-18(6-7-22-19)14-24-9-2-1-3-10-24/h4-7,11,13H,1-3,8-10,12,14-17H2,(H,23,25). The molecule has 0 atom stereocenters. The van der Waals surface area contributed by atoms with Gasteiger partial charge >= 0.3 is 0 Å². The minimum absolute atomic E-state index is 0.0822. The molecule has 1 aliphatic heterocycles. The van der Waals surface area contributed by atoms with Crippen molar-refractivity contribution in [3.05, 3.63) is 53.7 Å². The lowest BCUT2D eigenvalue weighted by Crippen LogP contribution is -2.29. The number of nitrogens with zero attached hydrogens (tertiary/aromatic N) is 2. The van der Waals surface area contributed by atoms with Gasteiger partial charge in [0.15, 0.2) is 0 Å². The van der Waals surface area contributed by atoms with Crippen molar-refractivity contribution < 1.29 is 9.21 Å². The quantitative estimate of drug-likeness (QED) is 0.557. The maximum atomic E-state index is 11.8. The summed E-state index contributed by atoms with van der Waals surface area (Å²) in [6, 6.07) is 8.15. The van der Waals surface area contributed by atoms with Crippen molar-refractivity contribution in [2.75, 3.05) is 31.1 Å². The molecule has 5 nitrogen and oxygen atoms in total. The van der Waals surface area contributed by atoms with Crippen LogP contribution in [0.4, 0.5) is 0 Å². The van der Waals surface area contributed by atoms with Crippen LogP contribution in [-0.4, -0.2) is 46.9 Å². The van der Waals surface area contributed by atoms with Crippen LogP contribution in [0, 0.1) is 0 Å². The minimum Gasteiger partial charge on any atom is -0.468 e. The van der Waals surface area contributed by atoms with Crippen LogP contribution >= 0.6 is 23.5 Å². The fraction of sp³-hybridized carbons (Fsp3) is 0.524. The van der Waals surface area contributed by atoms with Gasteiger partial charge in [0, 0.05) is 30.8 Å². The highest BCUT2D eigenvalue weighted by Crippen LogP contribution is 2.16. The second-order valence-corrected chi connectivity index (χ2v) is 9.06. The summed E-state index contributed by atoms with van der Waals surface area (Å²) in [5.74, 6) is 3.96. The SMILES string of the molecule is O=C(CSCc1ccco1)NCCSCc1cc(CN2CCCCC2)ccn1. The number of carbonyl (C=O) groups is 1. The molecule has 2 aromatic heterocycles. The Morgan fingerprint density at radius 3 is 2.89 bits per heavy atom. The van der Waals surface area contributed by atoms with Gasteiger partial charge in [-0.05, 0) is 55.8 Å². The molecule has 0 bridgehead atoms. The molecular weight excluding hydrogens is 390 g/mol. The van der Waals surface area contributed by atoms with Gasteiger partial charge in [0.25, 0.3) is 0 Å². The largest absolute Gasteiger partial charge is 0.468 e. The van der Waals surface area contributed by atoms with Crippen LogP contribution in [0.15, 0.2) is 41.1 Å². The fourth-order valence-electron chi connectivity index (χ4n) is 3.21. The Bertz CT molecular complexity index is 703. The summed E-state index contributed by atoms with van der Waals surface area (Å²) in [6.07, 6.45) is 7.59. The summed E-state index contributed by atoms with van der Waals surface area (Å²) in [5, 5.41) is 2.98. The van der Waals surface area contributed by atoms with Gasteiger partial charge in [0.2, 0.25) is 5.91 Å². The van der Waals surface area contributed by atoms with Gasteiger partial charge < -0.3 is 9.73 Å². The van der Waals surface area contributed by atoms with Crippen LogP contribution in [0.5, 0.6) is 0 Å². The predicted octanol–water partition coefficient (Wildman–Crippen LogP) is 3.94. The van der Waals surface area contributed by atoms with E-state index in [0.29, 0.717) is 12.3 Å². The van der Waals surface area contributed by atoms with Crippen molar-refractivity contribution in [3.8, 4) is 0 Å². The molecule has 3 heterocycles. The van der Waals surface area contributed by atoms with Gasteiger partial charge in [-0.2, -0.15) is 11.8 Å². The summed E-state index contributed by atoms with van der Waals surface area (Å²) >= 11 is 3.38. The van der Waals surface area contributed by atoms with Gasteiger partial charge in [0.1, 0.15) is 5.76 Å². The average molecular weight is 420 g/mol. The van der Waals surface area contributed by atoms with Gasteiger partial charge in [0.05, 0.1) is 23.5 Å². The molecule has 0 aromatic carbocycles. The maximum absolute atomic E-state index is 11.8. The number of amides is 1. The van der Waals surface area contributed by atoms with E-state index in [0.717, 1.165) is 35.3 Å². The number of pyridine rings is 1. The third-order valence-corrected chi connectivity index (χ3v) is 6.56. The first-order valence-electron chi connectivity index (χ1n) is 9.90. The first-order valence-corrected chi connectivity index (χ1v) is 12.2. The molecule has 1 saturated heterocycles. The summed E-state index contributed by atoms with van der Waals surface area (Å²) in [7, 11) is 0. The topological polar surface area (TPSA) is 58.4 Å². The number of hydrogen-bond donors (Lipinski definition) is 1. The zero-order chi connectivity index (χ0) is 19.4. The second kappa shape index (κ2) is 12.2. The van der Waals surface area contributed by atoms with Crippen molar-refractivity contribution in [2.24, 2.45) is 0 Å². The molecule has 0 saturated carbocycles. The van der Waals surface area contributed by atoms with Crippen LogP contribution in [0.1, 0.15) is 36.3 Å². The van der Waals surface area contributed by atoms with E-state index in [9.17, 15) is 4.79 Å². The first-order chi connectivity index (χ1) is 13.8. The van der Waals surface area contributed by atoms with Crippen molar-refractivity contribution in [1.29, 1.82) is 0 Å². The van der Waals surface area contributed by atoms with Gasteiger partial charge in [-0.1, -0.05) is 6.42 Å². The van der Waals surface area contributed by atoms with Crippen LogP contribution < -0.4 is 5.32 Å². The molecule has 1 amide bonds. The number of thioether (sulfide) groups is 2. The molecular formula is C21H29N3O2S2. The molecule has 7 heteroatoms. The van der Waals surface area contributed by atoms with E-state index in [-0.39, 0.29) is 5.91 Å². The smallest absolute Gasteiger partial charge is 0.230 e. The molecule has 0 spiro atoms. The number of hydrogen-bond acceptors (Lipinski definition) is 6. The summed E-state index contributed by atoms with van der Waals surface area (Å²) in [6.45, 7) is 4.15. The molecule has 28 heavy (non-hydrogen) atoms. The fourth-order valence-corrected chi connectivity index (χ4v) is 4.72. The maximum Gasteiger partial charge on any atom is 0.230 e. The number of likely N-dealkylation sites (tertiary alicyclic amines) is 1. The van der Waals surface area contributed by atoms with Gasteiger partial charge in [-0.15, -0.1) is 11.8 Å². The zero-order valence-electron chi connectivity index (χ0n) is 16.3. The Morgan fingerprint density at radius 1 is 1.18 bits per heavy atom. The van der Waals surface area contributed by atoms with E-state index < -0.39 is 0 Å². The zero-order valence-corrected chi connectivity index (χ0v) is 17.9.